The highest BCUT2D eigenvalue weighted by molar-refractivity contribution is 5.78. The van der Waals surface area contributed by atoms with Crippen LogP contribution < -0.4 is 0 Å². The van der Waals surface area contributed by atoms with Gasteiger partial charge in [0.15, 0.2) is 0 Å². The van der Waals surface area contributed by atoms with E-state index >= 15 is 0 Å². The molecule has 6 nitrogen and oxygen atoms in total. The minimum Gasteiger partial charge on any atom is -0.333 e. The normalized spacial score (nSPS) is 18.4. The Kier molecular flexibility index (Phi) is 4.14. The van der Waals surface area contributed by atoms with E-state index in [1.165, 1.54) is 17.5 Å². The molecule has 0 bridgehead atoms. The van der Waals surface area contributed by atoms with Crippen LogP contribution in [0.3, 0.4) is 0 Å². The van der Waals surface area contributed by atoms with E-state index in [4.69, 9.17) is 0 Å². The van der Waals surface area contributed by atoms with Gasteiger partial charge in [-0.2, -0.15) is 10.1 Å². The number of benzene rings is 1. The molecule has 5 rings (SSSR count). The second kappa shape index (κ2) is 6.69. The summed E-state index contributed by atoms with van der Waals surface area (Å²) in [5.41, 5.74) is 5.82. The summed E-state index contributed by atoms with van der Waals surface area (Å²) >= 11 is 0. The number of aromatic nitrogens is 4. The van der Waals surface area contributed by atoms with E-state index < -0.39 is 0 Å². The third kappa shape index (κ3) is 2.87. The summed E-state index contributed by atoms with van der Waals surface area (Å²) in [5, 5.41) is 4.26. The molecule has 1 saturated carbocycles. The number of aryl methyl sites for hydroxylation is 3. The molecule has 1 aromatic carbocycles. The van der Waals surface area contributed by atoms with Crippen LogP contribution in [0.4, 0.5) is 0 Å². The molecule has 0 N–H and O–H groups in total. The van der Waals surface area contributed by atoms with Gasteiger partial charge in [-0.15, -0.1) is 0 Å². The fourth-order valence-electron chi connectivity index (χ4n) is 4.69. The van der Waals surface area contributed by atoms with E-state index in [9.17, 15) is 4.79 Å². The van der Waals surface area contributed by atoms with E-state index in [-0.39, 0.29) is 11.9 Å². The van der Waals surface area contributed by atoms with Crippen LogP contribution in [0.5, 0.6) is 0 Å². The maximum absolute atomic E-state index is 13.3. The quantitative estimate of drug-likeness (QED) is 0.686. The first-order valence-corrected chi connectivity index (χ1v) is 10.2. The lowest BCUT2D eigenvalue weighted by molar-refractivity contribution is -0.134. The summed E-state index contributed by atoms with van der Waals surface area (Å²) in [6.45, 7) is 4.02. The number of amides is 1. The smallest absolute Gasteiger partial charge is 0.252 e. The van der Waals surface area contributed by atoms with Gasteiger partial charge in [0, 0.05) is 23.9 Å². The van der Waals surface area contributed by atoms with Gasteiger partial charge in [0.25, 0.3) is 5.78 Å². The minimum atomic E-state index is 0.245. The van der Waals surface area contributed by atoms with Gasteiger partial charge in [-0.25, -0.2) is 9.50 Å². The maximum atomic E-state index is 13.3. The summed E-state index contributed by atoms with van der Waals surface area (Å²) in [6.07, 6.45) is 7.12. The van der Waals surface area contributed by atoms with Crippen molar-refractivity contribution in [2.24, 2.45) is 0 Å². The van der Waals surface area contributed by atoms with Crippen molar-refractivity contribution in [1.82, 2.24) is 24.5 Å². The molecule has 0 radical (unpaired) electrons. The lowest BCUT2D eigenvalue weighted by atomic mass is 10.0. The fourth-order valence-corrected chi connectivity index (χ4v) is 4.69. The van der Waals surface area contributed by atoms with Crippen molar-refractivity contribution in [2.75, 3.05) is 0 Å². The van der Waals surface area contributed by atoms with Crippen molar-refractivity contribution in [1.29, 1.82) is 0 Å². The monoisotopic (exact) mass is 375 g/mol. The standard InChI is InChI=1S/C22H25N5O/c1-14-18(15(2)27-22(25-14)23-13-24-27)10-12-21(28)26(17-8-9-17)20-11-7-16-5-3-4-6-19(16)20/h3-6,13,17,20H,7-12H2,1-2H3/t20-/m1/s1. The second-order valence-electron chi connectivity index (χ2n) is 8.02. The Morgan fingerprint density at radius 1 is 1.21 bits per heavy atom. The Bertz CT molecular complexity index is 1050. The Balaban J connectivity index is 1.37. The summed E-state index contributed by atoms with van der Waals surface area (Å²) in [7, 11) is 0. The van der Waals surface area contributed by atoms with Crippen LogP contribution in [0.1, 0.15) is 59.8 Å². The van der Waals surface area contributed by atoms with Crippen molar-refractivity contribution in [2.45, 2.75) is 64.5 Å². The van der Waals surface area contributed by atoms with Crippen molar-refractivity contribution < 1.29 is 4.79 Å². The third-order valence-corrected chi connectivity index (χ3v) is 6.24. The number of rotatable bonds is 5. The molecule has 28 heavy (non-hydrogen) atoms. The summed E-state index contributed by atoms with van der Waals surface area (Å²) in [5.74, 6) is 0.883. The zero-order chi connectivity index (χ0) is 19.3. The van der Waals surface area contributed by atoms with E-state index in [0.29, 0.717) is 24.7 Å². The predicted octanol–water partition coefficient (Wildman–Crippen LogP) is 3.35. The molecule has 0 saturated heterocycles. The maximum Gasteiger partial charge on any atom is 0.252 e. The lowest BCUT2D eigenvalue weighted by Gasteiger charge is -2.30. The summed E-state index contributed by atoms with van der Waals surface area (Å²) in [4.78, 5) is 24.2. The van der Waals surface area contributed by atoms with Crippen LogP contribution in [0.2, 0.25) is 0 Å². The highest BCUT2D eigenvalue weighted by atomic mass is 16.2. The molecule has 2 aliphatic rings. The molecule has 2 aliphatic carbocycles. The average Bonchev–Trinajstić information content (AvgIpc) is 3.25. The number of fused-ring (bicyclic) bond motifs is 2. The van der Waals surface area contributed by atoms with Gasteiger partial charge < -0.3 is 4.90 Å². The number of nitrogens with zero attached hydrogens (tertiary/aromatic N) is 5. The molecule has 1 amide bonds. The molecule has 0 unspecified atom stereocenters. The van der Waals surface area contributed by atoms with Gasteiger partial charge in [-0.3, -0.25) is 4.79 Å². The first-order chi connectivity index (χ1) is 13.6. The van der Waals surface area contributed by atoms with Crippen molar-refractivity contribution in [3.8, 4) is 0 Å². The van der Waals surface area contributed by atoms with Crippen LogP contribution >= 0.6 is 0 Å². The molecule has 3 aromatic rings. The van der Waals surface area contributed by atoms with Gasteiger partial charge >= 0.3 is 0 Å². The van der Waals surface area contributed by atoms with E-state index in [0.717, 1.165) is 42.6 Å². The zero-order valence-corrected chi connectivity index (χ0v) is 16.4. The van der Waals surface area contributed by atoms with E-state index in [1.54, 1.807) is 4.52 Å². The molecule has 2 aromatic heterocycles. The predicted molar refractivity (Wildman–Crippen MR) is 106 cm³/mol. The molecule has 0 spiro atoms. The van der Waals surface area contributed by atoms with Gasteiger partial charge in [-0.05, 0) is 62.6 Å². The highest BCUT2D eigenvalue weighted by Crippen LogP contribution is 2.42. The largest absolute Gasteiger partial charge is 0.333 e. The Morgan fingerprint density at radius 2 is 2.04 bits per heavy atom. The van der Waals surface area contributed by atoms with Gasteiger partial charge in [-0.1, -0.05) is 24.3 Å². The molecule has 1 atom stereocenters. The fraction of sp³-hybridized carbons (Fsp3) is 0.455. The number of hydrogen-bond donors (Lipinski definition) is 0. The van der Waals surface area contributed by atoms with Crippen molar-refractivity contribution in [3.63, 3.8) is 0 Å². The average molecular weight is 375 g/mol. The zero-order valence-electron chi connectivity index (χ0n) is 16.4. The van der Waals surface area contributed by atoms with Crippen molar-refractivity contribution in [3.05, 3.63) is 58.7 Å². The second-order valence-corrected chi connectivity index (χ2v) is 8.02. The molecule has 1 fully saturated rings. The molecule has 6 heteroatoms. The lowest BCUT2D eigenvalue weighted by Crippen LogP contribution is -2.36. The SMILES string of the molecule is Cc1nc2ncnn2c(C)c1CCC(=O)N(C1CC1)[C@@H]1CCc2ccccc21. The van der Waals surface area contributed by atoms with Crippen LogP contribution in [0.25, 0.3) is 5.78 Å². The van der Waals surface area contributed by atoms with Crippen LogP contribution in [-0.2, 0) is 17.6 Å². The van der Waals surface area contributed by atoms with E-state index in [2.05, 4.69) is 44.2 Å². The Morgan fingerprint density at radius 3 is 2.86 bits per heavy atom. The summed E-state index contributed by atoms with van der Waals surface area (Å²) < 4.78 is 1.76. The van der Waals surface area contributed by atoms with Gasteiger partial charge in [0.2, 0.25) is 5.91 Å². The number of carbonyl (C=O) groups excluding carboxylic acids is 1. The highest BCUT2D eigenvalue weighted by Gasteiger charge is 2.40. The first-order valence-electron chi connectivity index (χ1n) is 10.2. The minimum absolute atomic E-state index is 0.245. The van der Waals surface area contributed by atoms with Gasteiger partial charge in [0.1, 0.15) is 6.33 Å². The van der Waals surface area contributed by atoms with Crippen molar-refractivity contribution >= 4 is 11.7 Å². The number of hydrogen-bond acceptors (Lipinski definition) is 4. The number of carbonyl (C=O) groups is 1. The van der Waals surface area contributed by atoms with Crippen LogP contribution in [0.15, 0.2) is 30.6 Å². The topological polar surface area (TPSA) is 63.4 Å². The molecular weight excluding hydrogens is 350 g/mol. The Labute approximate surface area is 164 Å². The molecule has 0 aliphatic heterocycles. The third-order valence-electron chi connectivity index (χ3n) is 6.24. The van der Waals surface area contributed by atoms with E-state index in [1.807, 2.05) is 13.8 Å². The molecular formula is C22H25N5O. The summed E-state index contributed by atoms with van der Waals surface area (Å²) in [6, 6.07) is 9.27. The Hall–Kier alpha value is -2.76. The first kappa shape index (κ1) is 17.3. The molecule has 2 heterocycles. The van der Waals surface area contributed by atoms with Crippen LogP contribution in [0, 0.1) is 13.8 Å². The van der Waals surface area contributed by atoms with Gasteiger partial charge in [0.05, 0.1) is 6.04 Å². The molecule has 144 valence electrons. The van der Waals surface area contributed by atoms with Crippen LogP contribution in [-0.4, -0.2) is 36.4 Å².